The average Bonchev–Trinajstić information content (AvgIpc) is 2.96. The zero-order valence-electron chi connectivity index (χ0n) is 11.1. The van der Waals surface area contributed by atoms with Crippen molar-refractivity contribution in [1.82, 2.24) is 0 Å². The quantitative estimate of drug-likeness (QED) is 0.707. The van der Waals surface area contributed by atoms with E-state index >= 15 is 0 Å². The fourth-order valence-corrected chi connectivity index (χ4v) is 1.86. The van der Waals surface area contributed by atoms with Crippen molar-refractivity contribution in [3.63, 3.8) is 0 Å². The number of rotatable bonds is 7. The number of Topliss-reactive ketones (excluding diaryl/α,β-unsaturated/α-hetero) is 1. The molecule has 0 aliphatic carbocycles. The number of para-hydroxylation sites is 1. The maximum atomic E-state index is 12.2. The molecule has 0 atom stereocenters. The van der Waals surface area contributed by atoms with E-state index < -0.39 is 0 Å². The maximum absolute atomic E-state index is 12.2. The van der Waals surface area contributed by atoms with Gasteiger partial charge in [0, 0.05) is 12.8 Å². The van der Waals surface area contributed by atoms with Crippen LogP contribution in [0.15, 0.2) is 47.1 Å². The third-order valence-corrected chi connectivity index (χ3v) is 2.83. The van der Waals surface area contributed by atoms with Crippen molar-refractivity contribution in [2.45, 2.75) is 26.2 Å². The first-order chi connectivity index (χ1) is 9.31. The third kappa shape index (κ3) is 3.71. The lowest BCUT2D eigenvalue weighted by Crippen LogP contribution is -2.05. The summed E-state index contributed by atoms with van der Waals surface area (Å²) in [6.45, 7) is 2.67. The topological polar surface area (TPSA) is 39.4 Å². The number of benzene rings is 1. The zero-order valence-corrected chi connectivity index (χ0v) is 11.1. The van der Waals surface area contributed by atoms with Gasteiger partial charge in [0.2, 0.25) is 0 Å². The largest absolute Gasteiger partial charge is 0.493 e. The first-order valence-corrected chi connectivity index (χ1v) is 6.58. The van der Waals surface area contributed by atoms with Crippen LogP contribution in [0, 0.1) is 0 Å². The minimum absolute atomic E-state index is 0.0862. The Bertz CT molecular complexity index is 515. The molecule has 100 valence electrons. The van der Waals surface area contributed by atoms with Gasteiger partial charge in [-0.1, -0.05) is 19.1 Å². The number of ether oxygens (including phenoxy) is 1. The van der Waals surface area contributed by atoms with Crippen LogP contribution >= 0.6 is 0 Å². The molecule has 0 aliphatic rings. The van der Waals surface area contributed by atoms with Gasteiger partial charge in [0.05, 0.1) is 18.4 Å². The molecule has 0 N–H and O–H groups in total. The highest BCUT2D eigenvalue weighted by Gasteiger charge is 2.12. The summed E-state index contributed by atoms with van der Waals surface area (Å²) in [5, 5.41) is 0. The number of carbonyl (C=O) groups excluding carboxylic acids is 1. The van der Waals surface area contributed by atoms with Crippen LogP contribution in [0.3, 0.4) is 0 Å². The maximum Gasteiger partial charge on any atom is 0.167 e. The Morgan fingerprint density at radius 2 is 2.05 bits per heavy atom. The van der Waals surface area contributed by atoms with E-state index in [0.29, 0.717) is 30.8 Å². The molecular weight excluding hydrogens is 240 g/mol. The summed E-state index contributed by atoms with van der Waals surface area (Å²) in [7, 11) is 0. The van der Waals surface area contributed by atoms with Gasteiger partial charge in [0.15, 0.2) is 5.78 Å². The molecule has 3 heteroatoms. The highest BCUT2D eigenvalue weighted by atomic mass is 16.5. The first-order valence-electron chi connectivity index (χ1n) is 6.58. The summed E-state index contributed by atoms with van der Waals surface area (Å²) in [5.74, 6) is 1.59. The highest BCUT2D eigenvalue weighted by Crippen LogP contribution is 2.20. The molecular formula is C16H18O3. The Morgan fingerprint density at radius 1 is 1.21 bits per heavy atom. The van der Waals surface area contributed by atoms with Crippen LogP contribution in [0.4, 0.5) is 0 Å². The van der Waals surface area contributed by atoms with E-state index in [-0.39, 0.29) is 5.78 Å². The van der Waals surface area contributed by atoms with E-state index in [1.807, 2.05) is 43.3 Å². The zero-order chi connectivity index (χ0) is 13.5. The van der Waals surface area contributed by atoms with Gasteiger partial charge in [-0.2, -0.15) is 0 Å². The van der Waals surface area contributed by atoms with Crippen molar-refractivity contribution in [3.8, 4) is 5.75 Å². The number of hydrogen-bond donors (Lipinski definition) is 0. The third-order valence-electron chi connectivity index (χ3n) is 2.83. The number of furan rings is 1. The van der Waals surface area contributed by atoms with Crippen LogP contribution in [-0.2, 0) is 6.42 Å². The molecule has 0 fully saturated rings. The summed E-state index contributed by atoms with van der Waals surface area (Å²) in [5.41, 5.74) is 0.655. The second kappa shape index (κ2) is 6.78. The van der Waals surface area contributed by atoms with E-state index in [1.165, 1.54) is 0 Å². The van der Waals surface area contributed by atoms with Gasteiger partial charge in [-0.15, -0.1) is 0 Å². The predicted molar refractivity (Wildman–Crippen MR) is 73.6 cm³/mol. The van der Waals surface area contributed by atoms with Crippen molar-refractivity contribution in [2.24, 2.45) is 0 Å². The summed E-state index contributed by atoms with van der Waals surface area (Å²) in [6, 6.07) is 11.1. The number of aryl methyl sites for hydroxylation is 1. The van der Waals surface area contributed by atoms with E-state index in [2.05, 4.69) is 0 Å². The molecule has 0 unspecified atom stereocenters. The lowest BCUT2D eigenvalue weighted by molar-refractivity contribution is 0.0977. The smallest absolute Gasteiger partial charge is 0.167 e. The summed E-state index contributed by atoms with van der Waals surface area (Å²) >= 11 is 0. The van der Waals surface area contributed by atoms with E-state index in [4.69, 9.17) is 9.15 Å². The fourth-order valence-electron chi connectivity index (χ4n) is 1.86. The molecule has 0 bridgehead atoms. The van der Waals surface area contributed by atoms with Gasteiger partial charge in [-0.05, 0) is 30.7 Å². The van der Waals surface area contributed by atoms with Gasteiger partial charge in [-0.3, -0.25) is 4.79 Å². The summed E-state index contributed by atoms with van der Waals surface area (Å²) in [6.07, 6.45) is 3.60. The van der Waals surface area contributed by atoms with E-state index in [9.17, 15) is 4.79 Å². The Balaban J connectivity index is 2.01. The molecule has 2 rings (SSSR count). The minimum Gasteiger partial charge on any atom is -0.493 e. The summed E-state index contributed by atoms with van der Waals surface area (Å²) in [4.78, 5) is 12.2. The van der Waals surface area contributed by atoms with Crippen molar-refractivity contribution >= 4 is 5.78 Å². The second-order valence-electron chi connectivity index (χ2n) is 4.35. The molecule has 3 nitrogen and oxygen atoms in total. The monoisotopic (exact) mass is 258 g/mol. The molecule has 0 amide bonds. The van der Waals surface area contributed by atoms with Crippen LogP contribution in [0.2, 0.25) is 0 Å². The molecule has 0 saturated carbocycles. The highest BCUT2D eigenvalue weighted by molar-refractivity contribution is 5.98. The SMILES string of the molecule is CCCOc1ccccc1C(=O)CCc1ccco1. The van der Waals surface area contributed by atoms with Gasteiger partial charge >= 0.3 is 0 Å². The molecule has 19 heavy (non-hydrogen) atoms. The first kappa shape index (κ1) is 13.4. The lowest BCUT2D eigenvalue weighted by atomic mass is 10.0. The van der Waals surface area contributed by atoms with Crippen LogP contribution in [0.5, 0.6) is 5.75 Å². The normalized spacial score (nSPS) is 10.4. The Hall–Kier alpha value is -2.03. The number of ketones is 1. The van der Waals surface area contributed by atoms with Crippen molar-refractivity contribution < 1.29 is 13.9 Å². The number of hydrogen-bond acceptors (Lipinski definition) is 3. The van der Waals surface area contributed by atoms with E-state index in [1.54, 1.807) is 6.26 Å². The Kier molecular flexibility index (Phi) is 4.78. The van der Waals surface area contributed by atoms with Crippen molar-refractivity contribution in [2.75, 3.05) is 6.61 Å². The minimum atomic E-state index is 0.0862. The number of carbonyl (C=O) groups is 1. The molecule has 1 heterocycles. The van der Waals surface area contributed by atoms with Crippen LogP contribution in [0.25, 0.3) is 0 Å². The van der Waals surface area contributed by atoms with Gasteiger partial charge in [0.1, 0.15) is 11.5 Å². The molecule has 0 spiro atoms. The van der Waals surface area contributed by atoms with Crippen LogP contribution < -0.4 is 4.74 Å². The van der Waals surface area contributed by atoms with Crippen LogP contribution in [-0.4, -0.2) is 12.4 Å². The lowest BCUT2D eigenvalue weighted by Gasteiger charge is -2.09. The van der Waals surface area contributed by atoms with Crippen molar-refractivity contribution in [1.29, 1.82) is 0 Å². The van der Waals surface area contributed by atoms with Crippen LogP contribution in [0.1, 0.15) is 35.9 Å². The molecule has 0 saturated heterocycles. The molecule has 0 aliphatic heterocycles. The summed E-state index contributed by atoms with van der Waals surface area (Å²) < 4.78 is 10.8. The van der Waals surface area contributed by atoms with Crippen molar-refractivity contribution in [3.05, 3.63) is 54.0 Å². The van der Waals surface area contributed by atoms with Gasteiger partial charge in [-0.25, -0.2) is 0 Å². The average molecular weight is 258 g/mol. The molecule has 0 radical (unpaired) electrons. The molecule has 1 aromatic carbocycles. The molecule has 2 aromatic rings. The van der Waals surface area contributed by atoms with E-state index in [0.717, 1.165) is 12.2 Å². The fraction of sp³-hybridized carbons (Fsp3) is 0.312. The Morgan fingerprint density at radius 3 is 2.79 bits per heavy atom. The van der Waals surface area contributed by atoms with Gasteiger partial charge in [0.25, 0.3) is 0 Å². The van der Waals surface area contributed by atoms with Gasteiger partial charge < -0.3 is 9.15 Å². The second-order valence-corrected chi connectivity index (χ2v) is 4.35. The standard InChI is InChI=1S/C16H18O3/c1-2-11-19-16-8-4-3-7-14(16)15(17)10-9-13-6-5-12-18-13/h3-8,12H,2,9-11H2,1H3. The molecule has 1 aromatic heterocycles. The Labute approximate surface area is 113 Å². The predicted octanol–water partition coefficient (Wildman–Crippen LogP) is 3.88.